The first-order valence-electron chi connectivity index (χ1n) is 9.99. The highest BCUT2D eigenvalue weighted by molar-refractivity contribution is 6.35. The lowest BCUT2D eigenvalue weighted by Crippen LogP contribution is -2.37. The summed E-state index contributed by atoms with van der Waals surface area (Å²) in [5.74, 6) is -0.464. The molecule has 0 atom stereocenters. The maximum absolute atomic E-state index is 12.6. The lowest BCUT2D eigenvalue weighted by Gasteiger charge is -2.30. The fourth-order valence-corrected chi connectivity index (χ4v) is 3.53. The van der Waals surface area contributed by atoms with Crippen LogP contribution >= 0.6 is 23.2 Å². The SMILES string of the molecule is CCCOC(=O)c1cc(NC(=O)COc2ccc(Cl)cc2Cl)ccc1N1CCOCC1. The van der Waals surface area contributed by atoms with E-state index in [1.54, 1.807) is 30.3 Å². The number of halogens is 2. The van der Waals surface area contributed by atoms with Crippen LogP contribution in [0.4, 0.5) is 11.4 Å². The molecule has 1 fully saturated rings. The Labute approximate surface area is 191 Å². The normalized spacial score (nSPS) is 13.6. The van der Waals surface area contributed by atoms with Crippen LogP contribution in [0.1, 0.15) is 23.7 Å². The number of rotatable bonds is 8. The van der Waals surface area contributed by atoms with Crippen LogP contribution in [0.2, 0.25) is 10.0 Å². The molecule has 1 N–H and O–H groups in total. The monoisotopic (exact) mass is 466 g/mol. The molecule has 1 heterocycles. The van der Waals surface area contributed by atoms with E-state index in [2.05, 4.69) is 10.2 Å². The number of carbonyl (C=O) groups is 2. The van der Waals surface area contributed by atoms with Crippen LogP contribution in [-0.2, 0) is 14.3 Å². The standard InChI is InChI=1S/C22H24Cl2N2O5/c1-2-9-30-22(28)17-13-16(4-5-19(17)26-7-10-29-11-8-26)25-21(27)14-31-20-6-3-15(23)12-18(20)24/h3-6,12-13H,2,7-11,14H2,1H3,(H,25,27). The topological polar surface area (TPSA) is 77.1 Å². The number of nitrogens with one attached hydrogen (secondary N) is 1. The lowest BCUT2D eigenvalue weighted by atomic mass is 10.1. The molecule has 7 nitrogen and oxygen atoms in total. The summed E-state index contributed by atoms with van der Waals surface area (Å²) < 4.78 is 16.2. The smallest absolute Gasteiger partial charge is 0.340 e. The second-order valence-electron chi connectivity index (χ2n) is 6.88. The van der Waals surface area contributed by atoms with Crippen molar-refractivity contribution < 1.29 is 23.8 Å². The Morgan fingerprint density at radius 2 is 1.90 bits per heavy atom. The minimum absolute atomic E-state index is 0.248. The molecule has 0 spiro atoms. The van der Waals surface area contributed by atoms with Gasteiger partial charge in [0.2, 0.25) is 0 Å². The van der Waals surface area contributed by atoms with Crippen LogP contribution in [0.3, 0.4) is 0 Å². The summed E-state index contributed by atoms with van der Waals surface area (Å²) in [5.41, 5.74) is 1.62. The van der Waals surface area contributed by atoms with Crippen LogP contribution in [0, 0.1) is 0 Å². The van der Waals surface area contributed by atoms with Crippen molar-refractivity contribution in [2.24, 2.45) is 0 Å². The average molecular weight is 467 g/mol. The molecule has 1 amide bonds. The Morgan fingerprint density at radius 3 is 2.61 bits per heavy atom. The van der Waals surface area contributed by atoms with Gasteiger partial charge in [0, 0.05) is 23.8 Å². The Morgan fingerprint density at radius 1 is 1.13 bits per heavy atom. The van der Waals surface area contributed by atoms with E-state index >= 15 is 0 Å². The van der Waals surface area contributed by atoms with Crippen molar-refractivity contribution in [1.29, 1.82) is 0 Å². The van der Waals surface area contributed by atoms with Crippen LogP contribution in [0.25, 0.3) is 0 Å². The van der Waals surface area contributed by atoms with E-state index < -0.39 is 11.9 Å². The van der Waals surface area contributed by atoms with Crippen molar-refractivity contribution in [1.82, 2.24) is 0 Å². The Bertz CT molecular complexity index is 932. The molecule has 3 rings (SSSR count). The molecule has 0 aliphatic carbocycles. The summed E-state index contributed by atoms with van der Waals surface area (Å²) in [4.78, 5) is 27.1. The Hall–Kier alpha value is -2.48. The molecule has 2 aromatic rings. The Kier molecular flexibility index (Phi) is 8.40. The van der Waals surface area contributed by atoms with Gasteiger partial charge in [-0.05, 0) is 42.8 Å². The summed E-state index contributed by atoms with van der Waals surface area (Å²) in [6.07, 6.45) is 0.722. The molecule has 0 aromatic heterocycles. The van der Waals surface area contributed by atoms with Crippen LogP contribution in [-0.4, -0.2) is 51.4 Å². The van der Waals surface area contributed by atoms with E-state index in [1.165, 1.54) is 6.07 Å². The first kappa shape index (κ1) is 23.2. The number of carbonyl (C=O) groups excluding carboxylic acids is 2. The van der Waals surface area contributed by atoms with Crippen LogP contribution in [0.15, 0.2) is 36.4 Å². The molecule has 1 saturated heterocycles. The van der Waals surface area contributed by atoms with Gasteiger partial charge in [0.1, 0.15) is 5.75 Å². The molecule has 31 heavy (non-hydrogen) atoms. The number of morpholine rings is 1. The Balaban J connectivity index is 1.71. The first-order chi connectivity index (χ1) is 15.0. The van der Waals surface area contributed by atoms with Crippen LogP contribution < -0.4 is 15.0 Å². The van der Waals surface area contributed by atoms with Gasteiger partial charge in [0.05, 0.1) is 36.1 Å². The van der Waals surface area contributed by atoms with Crippen molar-refractivity contribution in [3.63, 3.8) is 0 Å². The molecule has 0 bridgehead atoms. The molecular formula is C22H24Cl2N2O5. The molecule has 1 aliphatic heterocycles. The number of esters is 1. The number of benzene rings is 2. The number of anilines is 2. The number of hydrogen-bond acceptors (Lipinski definition) is 6. The fraction of sp³-hybridized carbons (Fsp3) is 0.364. The highest BCUT2D eigenvalue weighted by atomic mass is 35.5. The molecule has 166 valence electrons. The van der Waals surface area contributed by atoms with Crippen molar-refractivity contribution >= 4 is 46.5 Å². The fourth-order valence-electron chi connectivity index (χ4n) is 3.06. The average Bonchev–Trinajstić information content (AvgIpc) is 2.77. The van der Waals surface area contributed by atoms with Gasteiger partial charge in [-0.3, -0.25) is 4.79 Å². The van der Waals surface area contributed by atoms with Gasteiger partial charge in [0.15, 0.2) is 6.61 Å². The maximum atomic E-state index is 12.6. The van der Waals surface area contributed by atoms with Gasteiger partial charge in [-0.1, -0.05) is 30.1 Å². The molecule has 1 aliphatic rings. The summed E-state index contributed by atoms with van der Waals surface area (Å²) in [7, 11) is 0. The molecule has 0 saturated carbocycles. The molecular weight excluding hydrogens is 443 g/mol. The second-order valence-corrected chi connectivity index (χ2v) is 7.72. The second kappa shape index (κ2) is 11.2. The van der Waals surface area contributed by atoms with Crippen molar-refractivity contribution in [3.8, 4) is 5.75 Å². The largest absolute Gasteiger partial charge is 0.482 e. The van der Waals surface area contributed by atoms with Crippen LogP contribution in [0.5, 0.6) is 5.75 Å². The zero-order chi connectivity index (χ0) is 22.2. The number of amides is 1. The van der Waals surface area contributed by atoms with Gasteiger partial charge in [-0.15, -0.1) is 0 Å². The van der Waals surface area contributed by atoms with Gasteiger partial charge < -0.3 is 24.4 Å². The van der Waals surface area contributed by atoms with Gasteiger partial charge in [-0.2, -0.15) is 0 Å². The summed E-state index contributed by atoms with van der Waals surface area (Å²) >= 11 is 11.9. The molecule has 2 aromatic carbocycles. The molecule has 0 unspecified atom stereocenters. The molecule has 0 radical (unpaired) electrons. The zero-order valence-corrected chi connectivity index (χ0v) is 18.7. The maximum Gasteiger partial charge on any atom is 0.340 e. The third kappa shape index (κ3) is 6.50. The molecule has 9 heteroatoms. The van der Waals surface area contributed by atoms with Gasteiger partial charge in [0.25, 0.3) is 5.91 Å². The predicted octanol–water partition coefficient (Wildman–Crippen LogP) is 4.41. The summed E-state index contributed by atoms with van der Waals surface area (Å²) in [5, 5.41) is 3.53. The highest BCUT2D eigenvalue weighted by Gasteiger charge is 2.21. The quantitative estimate of drug-likeness (QED) is 0.580. The summed E-state index contributed by atoms with van der Waals surface area (Å²) in [6, 6.07) is 9.93. The third-order valence-electron chi connectivity index (χ3n) is 4.54. The van der Waals surface area contributed by atoms with Gasteiger partial charge >= 0.3 is 5.97 Å². The lowest BCUT2D eigenvalue weighted by molar-refractivity contribution is -0.118. The van der Waals surface area contributed by atoms with E-state index in [1.807, 2.05) is 6.92 Å². The predicted molar refractivity (Wildman–Crippen MR) is 121 cm³/mol. The third-order valence-corrected chi connectivity index (χ3v) is 5.07. The van der Waals surface area contributed by atoms with E-state index in [9.17, 15) is 9.59 Å². The van der Waals surface area contributed by atoms with E-state index in [4.69, 9.17) is 37.4 Å². The van der Waals surface area contributed by atoms with Crippen molar-refractivity contribution in [2.45, 2.75) is 13.3 Å². The minimum atomic E-state index is -0.427. The number of ether oxygens (including phenoxy) is 3. The van der Waals surface area contributed by atoms with Gasteiger partial charge in [-0.25, -0.2) is 4.79 Å². The van der Waals surface area contributed by atoms with E-state index in [0.717, 1.165) is 12.1 Å². The first-order valence-corrected chi connectivity index (χ1v) is 10.7. The zero-order valence-electron chi connectivity index (χ0n) is 17.2. The summed E-state index contributed by atoms with van der Waals surface area (Å²) in [6.45, 7) is 4.54. The number of nitrogens with zero attached hydrogens (tertiary/aromatic N) is 1. The van der Waals surface area contributed by atoms with Crippen molar-refractivity contribution in [3.05, 3.63) is 52.0 Å². The highest BCUT2D eigenvalue weighted by Crippen LogP contribution is 2.28. The number of hydrogen-bond donors (Lipinski definition) is 1. The minimum Gasteiger partial charge on any atom is -0.482 e. The van der Waals surface area contributed by atoms with E-state index in [-0.39, 0.29) is 6.61 Å². The van der Waals surface area contributed by atoms with Crippen molar-refractivity contribution in [2.75, 3.05) is 49.7 Å². The van der Waals surface area contributed by atoms with E-state index in [0.29, 0.717) is 60.0 Å².